The van der Waals surface area contributed by atoms with Crippen LogP contribution in [0.2, 0.25) is 0 Å². The lowest BCUT2D eigenvalue weighted by atomic mass is 9.82. The number of nitrogens with zero attached hydrogens (tertiary/aromatic N) is 3. The highest BCUT2D eigenvalue weighted by Gasteiger charge is 2.29. The topological polar surface area (TPSA) is 66.0 Å². The number of hydrogen-bond acceptors (Lipinski definition) is 4. The van der Waals surface area contributed by atoms with Crippen molar-refractivity contribution < 1.29 is 4.74 Å². The summed E-state index contributed by atoms with van der Waals surface area (Å²) in [6.07, 6.45) is 3.89. The predicted molar refractivity (Wildman–Crippen MR) is 70.1 cm³/mol. The second kappa shape index (κ2) is 4.24. The number of anilines is 1. The zero-order chi connectivity index (χ0) is 12.6. The molecular weight excluding hydrogens is 228 g/mol. The number of ether oxygens (including phenoxy) is 1. The fourth-order valence-corrected chi connectivity index (χ4v) is 2.54. The average molecular weight is 246 g/mol. The lowest BCUT2D eigenvalue weighted by Crippen LogP contribution is -2.31. The molecule has 0 saturated carbocycles. The number of rotatable bonds is 2. The molecule has 3 heterocycles. The van der Waals surface area contributed by atoms with Crippen LogP contribution in [0.1, 0.15) is 19.8 Å². The predicted octanol–water partition coefficient (Wildman–Crippen LogP) is 1.83. The number of aromatic nitrogens is 3. The maximum absolute atomic E-state index is 6.01. The maximum Gasteiger partial charge on any atom is 0.202 e. The normalized spacial score (nSPS) is 19.2. The van der Waals surface area contributed by atoms with Crippen LogP contribution in [0.25, 0.3) is 11.2 Å². The Morgan fingerprint density at radius 3 is 3.00 bits per heavy atom. The largest absolute Gasteiger partial charge is 0.381 e. The van der Waals surface area contributed by atoms with Crippen LogP contribution in [0.3, 0.4) is 0 Å². The van der Waals surface area contributed by atoms with Crippen LogP contribution < -0.4 is 5.73 Å². The third kappa shape index (κ3) is 1.95. The molecule has 5 heteroatoms. The summed E-state index contributed by atoms with van der Waals surface area (Å²) in [7, 11) is 0. The van der Waals surface area contributed by atoms with E-state index in [0.29, 0.717) is 5.95 Å². The summed E-state index contributed by atoms with van der Waals surface area (Å²) in [5.74, 6) is 0.552. The molecule has 0 bridgehead atoms. The molecule has 2 aromatic heterocycles. The fraction of sp³-hybridized carbons (Fsp3) is 0.538. The van der Waals surface area contributed by atoms with Crippen molar-refractivity contribution in [2.75, 3.05) is 18.9 Å². The van der Waals surface area contributed by atoms with Gasteiger partial charge in [-0.3, -0.25) is 4.57 Å². The molecule has 2 N–H and O–H groups in total. The molecule has 0 unspecified atom stereocenters. The first-order valence-corrected chi connectivity index (χ1v) is 6.32. The van der Waals surface area contributed by atoms with Gasteiger partial charge in [-0.2, -0.15) is 0 Å². The van der Waals surface area contributed by atoms with Crippen molar-refractivity contribution in [2.45, 2.75) is 26.3 Å². The Balaban J connectivity index is 1.96. The molecule has 1 aliphatic rings. The third-order valence-corrected chi connectivity index (χ3v) is 3.77. The Morgan fingerprint density at radius 2 is 2.22 bits per heavy atom. The van der Waals surface area contributed by atoms with E-state index in [1.807, 2.05) is 16.7 Å². The highest BCUT2D eigenvalue weighted by atomic mass is 16.5. The van der Waals surface area contributed by atoms with Gasteiger partial charge < -0.3 is 10.5 Å². The minimum atomic E-state index is 0.220. The third-order valence-electron chi connectivity index (χ3n) is 3.77. The van der Waals surface area contributed by atoms with Gasteiger partial charge in [-0.25, -0.2) is 9.97 Å². The van der Waals surface area contributed by atoms with Gasteiger partial charge in [0.1, 0.15) is 5.52 Å². The van der Waals surface area contributed by atoms with Crippen LogP contribution >= 0.6 is 0 Å². The Labute approximate surface area is 106 Å². The number of imidazole rings is 1. The molecule has 0 aliphatic carbocycles. The van der Waals surface area contributed by atoms with Gasteiger partial charge in [0.25, 0.3) is 0 Å². The number of nitrogens with two attached hydrogens (primary N) is 1. The Hall–Kier alpha value is -1.62. The average Bonchev–Trinajstić information content (AvgIpc) is 2.67. The van der Waals surface area contributed by atoms with Crippen molar-refractivity contribution in [3.05, 3.63) is 18.3 Å². The van der Waals surface area contributed by atoms with Gasteiger partial charge in [0.15, 0.2) is 5.65 Å². The summed E-state index contributed by atoms with van der Waals surface area (Å²) < 4.78 is 7.46. The summed E-state index contributed by atoms with van der Waals surface area (Å²) in [6.45, 7) is 4.80. The van der Waals surface area contributed by atoms with Gasteiger partial charge in [-0.1, -0.05) is 6.92 Å². The van der Waals surface area contributed by atoms with Crippen LogP contribution in [0, 0.1) is 5.41 Å². The second-order valence-electron chi connectivity index (χ2n) is 5.33. The maximum atomic E-state index is 6.01. The van der Waals surface area contributed by atoms with E-state index in [2.05, 4.69) is 16.9 Å². The molecule has 96 valence electrons. The zero-order valence-corrected chi connectivity index (χ0v) is 10.6. The summed E-state index contributed by atoms with van der Waals surface area (Å²) in [6, 6.07) is 3.83. The summed E-state index contributed by atoms with van der Waals surface area (Å²) in [5.41, 5.74) is 7.97. The number of hydrogen-bond donors (Lipinski definition) is 1. The molecule has 0 radical (unpaired) electrons. The standard InChI is InChI=1S/C13H18N4O/c1-13(4-7-18-8-5-13)9-17-11-10(16-12(17)14)3-2-6-15-11/h2-3,6H,4-5,7-9H2,1H3,(H2,14,16). The SMILES string of the molecule is CC1(Cn2c(N)nc3cccnc32)CCOCC1. The first-order chi connectivity index (χ1) is 8.68. The highest BCUT2D eigenvalue weighted by Crippen LogP contribution is 2.33. The van der Waals surface area contributed by atoms with Crippen molar-refractivity contribution >= 4 is 17.1 Å². The number of nitrogen functional groups attached to an aromatic ring is 1. The monoisotopic (exact) mass is 246 g/mol. The molecule has 1 fully saturated rings. The van der Waals surface area contributed by atoms with Crippen molar-refractivity contribution in [3.8, 4) is 0 Å². The zero-order valence-electron chi connectivity index (χ0n) is 10.6. The molecule has 18 heavy (non-hydrogen) atoms. The van der Waals surface area contributed by atoms with E-state index in [4.69, 9.17) is 10.5 Å². The van der Waals surface area contributed by atoms with E-state index in [0.717, 1.165) is 43.8 Å². The van der Waals surface area contributed by atoms with Gasteiger partial charge in [0.2, 0.25) is 5.95 Å². The molecule has 1 saturated heterocycles. The van der Waals surface area contributed by atoms with Crippen LogP contribution in [-0.2, 0) is 11.3 Å². The lowest BCUT2D eigenvalue weighted by Gasteiger charge is -2.34. The van der Waals surface area contributed by atoms with Crippen molar-refractivity contribution in [1.29, 1.82) is 0 Å². The molecular formula is C13H18N4O. The van der Waals surface area contributed by atoms with Crippen LogP contribution in [0.4, 0.5) is 5.95 Å². The second-order valence-corrected chi connectivity index (χ2v) is 5.33. The number of pyridine rings is 1. The van der Waals surface area contributed by atoms with E-state index in [1.54, 1.807) is 6.20 Å². The molecule has 0 amide bonds. The van der Waals surface area contributed by atoms with Crippen molar-refractivity contribution in [1.82, 2.24) is 14.5 Å². The minimum absolute atomic E-state index is 0.220. The van der Waals surface area contributed by atoms with Gasteiger partial charge in [-0.15, -0.1) is 0 Å². The van der Waals surface area contributed by atoms with Gasteiger partial charge >= 0.3 is 0 Å². The van der Waals surface area contributed by atoms with Crippen molar-refractivity contribution in [2.24, 2.45) is 5.41 Å². The van der Waals surface area contributed by atoms with E-state index in [1.165, 1.54) is 0 Å². The van der Waals surface area contributed by atoms with Crippen molar-refractivity contribution in [3.63, 3.8) is 0 Å². The smallest absolute Gasteiger partial charge is 0.202 e. The molecule has 0 atom stereocenters. The van der Waals surface area contributed by atoms with Crippen LogP contribution in [0.15, 0.2) is 18.3 Å². The quantitative estimate of drug-likeness (QED) is 0.878. The summed E-state index contributed by atoms with van der Waals surface area (Å²) >= 11 is 0. The first kappa shape index (κ1) is 11.5. The summed E-state index contributed by atoms with van der Waals surface area (Å²) in [5, 5.41) is 0. The van der Waals surface area contributed by atoms with E-state index in [-0.39, 0.29) is 5.41 Å². The molecule has 3 rings (SSSR count). The van der Waals surface area contributed by atoms with E-state index >= 15 is 0 Å². The highest BCUT2D eigenvalue weighted by molar-refractivity contribution is 5.73. The minimum Gasteiger partial charge on any atom is -0.381 e. The van der Waals surface area contributed by atoms with Crippen LogP contribution in [0.5, 0.6) is 0 Å². The molecule has 0 spiro atoms. The Morgan fingerprint density at radius 1 is 1.44 bits per heavy atom. The van der Waals surface area contributed by atoms with E-state index in [9.17, 15) is 0 Å². The Kier molecular flexibility index (Phi) is 2.70. The molecule has 1 aliphatic heterocycles. The molecule has 2 aromatic rings. The van der Waals surface area contributed by atoms with Crippen LogP contribution in [-0.4, -0.2) is 27.7 Å². The van der Waals surface area contributed by atoms with Gasteiger partial charge in [0.05, 0.1) is 0 Å². The van der Waals surface area contributed by atoms with E-state index < -0.39 is 0 Å². The fourth-order valence-electron chi connectivity index (χ4n) is 2.54. The summed E-state index contributed by atoms with van der Waals surface area (Å²) in [4.78, 5) is 8.74. The number of fused-ring (bicyclic) bond motifs is 1. The molecule has 5 nitrogen and oxygen atoms in total. The Bertz CT molecular complexity index is 557. The first-order valence-electron chi connectivity index (χ1n) is 6.32. The van der Waals surface area contributed by atoms with Gasteiger partial charge in [0, 0.05) is 26.0 Å². The lowest BCUT2D eigenvalue weighted by molar-refractivity contribution is 0.0162. The molecule has 0 aromatic carbocycles. The van der Waals surface area contributed by atoms with Gasteiger partial charge in [-0.05, 0) is 30.4 Å².